The number of imidazole rings is 1. The van der Waals surface area contributed by atoms with Crippen molar-refractivity contribution in [1.29, 1.82) is 0 Å². The third kappa shape index (κ3) is 4.18. The molecule has 0 saturated heterocycles. The quantitative estimate of drug-likeness (QED) is 0.482. The van der Waals surface area contributed by atoms with Crippen molar-refractivity contribution in [2.24, 2.45) is 0 Å². The van der Waals surface area contributed by atoms with Crippen molar-refractivity contribution in [2.75, 3.05) is 19.5 Å². The molecule has 8 heteroatoms. The average Bonchev–Trinajstić information content (AvgIpc) is 3.46. The number of nitrogens with zero attached hydrogens (tertiary/aromatic N) is 3. The van der Waals surface area contributed by atoms with E-state index in [0.717, 1.165) is 16.8 Å². The molecule has 0 aliphatic heterocycles. The largest absolute Gasteiger partial charge is 0.493 e. The minimum atomic E-state index is -0.195. The predicted molar refractivity (Wildman–Crippen MR) is 116 cm³/mol. The van der Waals surface area contributed by atoms with Crippen LogP contribution in [-0.2, 0) is 6.54 Å². The van der Waals surface area contributed by atoms with Crippen LogP contribution in [0.3, 0.4) is 0 Å². The van der Waals surface area contributed by atoms with E-state index in [0.29, 0.717) is 28.7 Å². The molecule has 1 amide bonds. The highest BCUT2D eigenvalue weighted by Crippen LogP contribution is 2.33. The second-order valence-corrected chi connectivity index (χ2v) is 7.31. The molecule has 0 aliphatic carbocycles. The summed E-state index contributed by atoms with van der Waals surface area (Å²) in [6.07, 6.45) is 5.31. The Balaban J connectivity index is 1.53. The Morgan fingerprint density at radius 2 is 1.97 bits per heavy atom. The van der Waals surface area contributed by atoms with Gasteiger partial charge in [0.25, 0.3) is 5.91 Å². The van der Waals surface area contributed by atoms with Gasteiger partial charge in [-0.1, -0.05) is 18.2 Å². The number of nitrogens with one attached hydrogen (secondary N) is 1. The molecule has 0 bridgehead atoms. The first kappa shape index (κ1) is 19.7. The van der Waals surface area contributed by atoms with Crippen LogP contribution in [0.2, 0.25) is 0 Å². The van der Waals surface area contributed by atoms with E-state index in [1.807, 2.05) is 58.6 Å². The number of amides is 1. The van der Waals surface area contributed by atoms with E-state index < -0.39 is 0 Å². The maximum Gasteiger partial charge on any atom is 0.257 e. The number of ether oxygens (including phenoxy) is 2. The van der Waals surface area contributed by atoms with Crippen LogP contribution in [0, 0.1) is 0 Å². The van der Waals surface area contributed by atoms with E-state index in [-0.39, 0.29) is 5.91 Å². The molecule has 4 rings (SSSR count). The number of hydrogen-bond donors (Lipinski definition) is 1. The van der Waals surface area contributed by atoms with Crippen molar-refractivity contribution < 1.29 is 14.3 Å². The second kappa shape index (κ2) is 8.79. The minimum absolute atomic E-state index is 0.195. The van der Waals surface area contributed by atoms with Crippen LogP contribution in [0.5, 0.6) is 11.5 Å². The van der Waals surface area contributed by atoms with Gasteiger partial charge in [-0.25, -0.2) is 9.97 Å². The summed E-state index contributed by atoms with van der Waals surface area (Å²) >= 11 is 1.37. The van der Waals surface area contributed by atoms with Crippen LogP contribution >= 0.6 is 11.3 Å². The molecule has 1 N–H and O–H groups in total. The van der Waals surface area contributed by atoms with Gasteiger partial charge in [-0.2, -0.15) is 0 Å². The molecule has 0 fully saturated rings. The highest BCUT2D eigenvalue weighted by molar-refractivity contribution is 7.14. The lowest BCUT2D eigenvalue weighted by Gasteiger charge is -2.09. The molecular formula is C22H20N4O3S. The van der Waals surface area contributed by atoms with Gasteiger partial charge in [-0.15, -0.1) is 11.3 Å². The number of aromatic nitrogens is 3. The zero-order chi connectivity index (χ0) is 20.9. The summed E-state index contributed by atoms with van der Waals surface area (Å²) in [4.78, 5) is 21.5. The van der Waals surface area contributed by atoms with E-state index in [2.05, 4.69) is 15.3 Å². The lowest BCUT2D eigenvalue weighted by molar-refractivity contribution is 0.102. The first-order valence-electron chi connectivity index (χ1n) is 9.21. The molecule has 0 atom stereocenters. The topological polar surface area (TPSA) is 78.3 Å². The van der Waals surface area contributed by atoms with Crippen molar-refractivity contribution in [3.8, 4) is 22.8 Å². The second-order valence-electron chi connectivity index (χ2n) is 6.45. The Morgan fingerprint density at radius 3 is 2.73 bits per heavy atom. The fourth-order valence-electron chi connectivity index (χ4n) is 3.08. The van der Waals surface area contributed by atoms with Gasteiger partial charge in [-0.3, -0.25) is 10.1 Å². The van der Waals surface area contributed by atoms with Crippen LogP contribution < -0.4 is 14.8 Å². The molecule has 2 heterocycles. The van der Waals surface area contributed by atoms with Crippen LogP contribution in [-0.4, -0.2) is 34.7 Å². The molecule has 2 aromatic heterocycles. The van der Waals surface area contributed by atoms with Crippen molar-refractivity contribution in [3.05, 3.63) is 77.7 Å². The molecule has 0 saturated carbocycles. The highest BCUT2D eigenvalue weighted by atomic mass is 32.1. The predicted octanol–water partition coefficient (Wildman–Crippen LogP) is 4.32. The molecule has 0 unspecified atom stereocenters. The fourth-order valence-corrected chi connectivity index (χ4v) is 3.80. The van der Waals surface area contributed by atoms with Crippen molar-refractivity contribution >= 4 is 22.4 Å². The van der Waals surface area contributed by atoms with Gasteiger partial charge in [0.05, 0.1) is 26.2 Å². The monoisotopic (exact) mass is 420 g/mol. The van der Waals surface area contributed by atoms with Gasteiger partial charge in [0.15, 0.2) is 16.6 Å². The minimum Gasteiger partial charge on any atom is -0.493 e. The number of carbonyl (C=O) groups excluding carboxylic acids is 1. The first-order valence-corrected chi connectivity index (χ1v) is 10.1. The summed E-state index contributed by atoms with van der Waals surface area (Å²) in [6, 6.07) is 13.1. The summed E-state index contributed by atoms with van der Waals surface area (Å²) in [7, 11) is 3.19. The third-order valence-corrected chi connectivity index (χ3v) is 5.34. The SMILES string of the molecule is COc1ccc(-c2csc(NC(=O)c3ccccc3Cn3ccnc3)n2)cc1OC. The normalized spacial score (nSPS) is 10.6. The molecule has 30 heavy (non-hydrogen) atoms. The summed E-state index contributed by atoms with van der Waals surface area (Å²) in [5.41, 5.74) is 3.14. The average molecular weight is 420 g/mol. The van der Waals surface area contributed by atoms with Gasteiger partial charge >= 0.3 is 0 Å². The number of methoxy groups -OCH3 is 2. The third-order valence-electron chi connectivity index (χ3n) is 4.58. The maximum absolute atomic E-state index is 12.9. The molecular weight excluding hydrogens is 400 g/mol. The van der Waals surface area contributed by atoms with Crippen LogP contribution in [0.15, 0.2) is 66.6 Å². The van der Waals surface area contributed by atoms with E-state index >= 15 is 0 Å². The van der Waals surface area contributed by atoms with Crippen molar-refractivity contribution in [1.82, 2.24) is 14.5 Å². The van der Waals surface area contributed by atoms with E-state index in [1.165, 1.54) is 11.3 Å². The molecule has 2 aromatic carbocycles. The summed E-state index contributed by atoms with van der Waals surface area (Å²) in [5.74, 6) is 1.08. The summed E-state index contributed by atoms with van der Waals surface area (Å²) in [6.45, 7) is 0.568. The Bertz CT molecular complexity index is 1150. The molecule has 152 valence electrons. The smallest absolute Gasteiger partial charge is 0.257 e. The zero-order valence-corrected chi connectivity index (χ0v) is 17.3. The van der Waals surface area contributed by atoms with Crippen LogP contribution in [0.4, 0.5) is 5.13 Å². The van der Waals surface area contributed by atoms with Gasteiger partial charge in [0.2, 0.25) is 0 Å². The van der Waals surface area contributed by atoms with Gasteiger partial charge in [-0.05, 0) is 29.8 Å². The molecule has 0 aliphatic rings. The van der Waals surface area contributed by atoms with Gasteiger partial charge in [0.1, 0.15) is 0 Å². The number of rotatable bonds is 7. The fraction of sp³-hybridized carbons (Fsp3) is 0.136. The Hall–Kier alpha value is -3.65. The molecule has 7 nitrogen and oxygen atoms in total. The maximum atomic E-state index is 12.9. The molecule has 0 spiro atoms. The van der Waals surface area contributed by atoms with Crippen molar-refractivity contribution in [3.63, 3.8) is 0 Å². The first-order chi connectivity index (χ1) is 14.7. The van der Waals surface area contributed by atoms with Gasteiger partial charge in [0, 0.05) is 35.4 Å². The zero-order valence-electron chi connectivity index (χ0n) is 16.5. The molecule has 4 aromatic rings. The van der Waals surface area contributed by atoms with Crippen molar-refractivity contribution in [2.45, 2.75) is 6.54 Å². The number of thiazole rings is 1. The number of anilines is 1. The lowest BCUT2D eigenvalue weighted by Crippen LogP contribution is -2.15. The van der Waals surface area contributed by atoms with Crippen LogP contribution in [0.1, 0.15) is 15.9 Å². The highest BCUT2D eigenvalue weighted by Gasteiger charge is 2.14. The Labute approximate surface area is 177 Å². The Kier molecular flexibility index (Phi) is 5.76. The summed E-state index contributed by atoms with van der Waals surface area (Å²) < 4.78 is 12.6. The van der Waals surface area contributed by atoms with E-state index in [9.17, 15) is 4.79 Å². The molecule has 0 radical (unpaired) electrons. The number of benzene rings is 2. The lowest BCUT2D eigenvalue weighted by atomic mass is 10.1. The van der Waals surface area contributed by atoms with Crippen LogP contribution in [0.25, 0.3) is 11.3 Å². The number of hydrogen-bond acceptors (Lipinski definition) is 6. The summed E-state index contributed by atoms with van der Waals surface area (Å²) in [5, 5.41) is 5.33. The van der Waals surface area contributed by atoms with E-state index in [4.69, 9.17) is 9.47 Å². The number of carbonyl (C=O) groups is 1. The standard InChI is InChI=1S/C22H20N4O3S/c1-28-19-8-7-15(11-20(19)29-2)18-13-30-22(24-18)25-21(27)17-6-4-3-5-16(17)12-26-10-9-23-14-26/h3-11,13-14H,12H2,1-2H3,(H,24,25,27). The van der Waals surface area contributed by atoms with Gasteiger partial charge < -0.3 is 14.0 Å². The Morgan fingerprint density at radius 1 is 1.13 bits per heavy atom. The van der Waals surface area contributed by atoms with E-state index in [1.54, 1.807) is 26.7 Å².